The number of hydrogen-bond donors (Lipinski definition) is 2. The molecule has 6 heteroatoms. The van der Waals surface area contributed by atoms with Crippen LogP contribution in [0.4, 0.5) is 0 Å². The summed E-state index contributed by atoms with van der Waals surface area (Å²) in [5.74, 6) is 0.240. The first-order valence-electron chi connectivity index (χ1n) is 9.47. The van der Waals surface area contributed by atoms with Crippen LogP contribution in [0.1, 0.15) is 69.1 Å². The predicted octanol–water partition coefficient (Wildman–Crippen LogP) is 2.06. The number of aromatic nitrogens is 2. The van der Waals surface area contributed by atoms with Gasteiger partial charge in [-0.05, 0) is 37.8 Å². The Hall–Kier alpha value is -1.69. The molecule has 1 aliphatic heterocycles. The van der Waals surface area contributed by atoms with Crippen molar-refractivity contribution in [1.29, 1.82) is 0 Å². The third-order valence-electron chi connectivity index (χ3n) is 5.49. The zero-order valence-corrected chi connectivity index (χ0v) is 15.6. The molecule has 6 nitrogen and oxygen atoms in total. The number of carbonyl (C=O) groups excluding carboxylic acids is 1. The third-order valence-corrected chi connectivity index (χ3v) is 5.49. The van der Waals surface area contributed by atoms with Crippen molar-refractivity contribution in [3.05, 3.63) is 27.9 Å². The van der Waals surface area contributed by atoms with Gasteiger partial charge in [-0.1, -0.05) is 33.6 Å². The van der Waals surface area contributed by atoms with E-state index in [0.29, 0.717) is 12.5 Å². The van der Waals surface area contributed by atoms with Crippen molar-refractivity contribution in [1.82, 2.24) is 20.2 Å². The van der Waals surface area contributed by atoms with Gasteiger partial charge in [-0.3, -0.25) is 4.79 Å². The summed E-state index contributed by atoms with van der Waals surface area (Å²) in [7, 11) is 0. The number of carbonyl (C=O) groups is 1. The molecule has 1 amide bonds. The maximum atomic E-state index is 12.4. The zero-order chi connectivity index (χ0) is 18.0. The van der Waals surface area contributed by atoms with Gasteiger partial charge < -0.3 is 15.2 Å². The van der Waals surface area contributed by atoms with E-state index in [0.717, 1.165) is 31.2 Å². The van der Waals surface area contributed by atoms with Crippen LogP contribution >= 0.6 is 0 Å². The first kappa shape index (κ1) is 18.1. The average molecular weight is 346 g/mol. The summed E-state index contributed by atoms with van der Waals surface area (Å²) in [5.41, 5.74) is 0.237. The summed E-state index contributed by atoms with van der Waals surface area (Å²) in [6.07, 6.45) is 6.49. The van der Waals surface area contributed by atoms with Gasteiger partial charge in [-0.25, -0.2) is 4.79 Å². The molecule has 0 bridgehead atoms. The van der Waals surface area contributed by atoms with E-state index in [9.17, 15) is 9.59 Å². The fraction of sp³-hybridized carbons (Fsp3) is 0.737. The molecular formula is C19H30N4O2. The smallest absolute Gasteiger partial charge is 0.345 e. The van der Waals surface area contributed by atoms with E-state index in [1.54, 1.807) is 6.07 Å². The Morgan fingerprint density at radius 2 is 2.04 bits per heavy atom. The summed E-state index contributed by atoms with van der Waals surface area (Å²) in [6, 6.07) is 2.44. The van der Waals surface area contributed by atoms with Crippen LogP contribution < -0.4 is 11.0 Å². The molecule has 0 radical (unpaired) electrons. The standard InChI is InChI=1S/C19H30N4O2/c1-19(2,3)16-10-15(21-18(25)22-16)17(24)20-11-13-8-9-23(12-13)14-6-4-5-7-14/h10,13-14H,4-9,11-12H2,1-3H3,(H,20,24)(H,21,22,25)/t13-/m1/s1. The fourth-order valence-electron chi connectivity index (χ4n) is 3.94. The van der Waals surface area contributed by atoms with Crippen LogP contribution in [0.25, 0.3) is 0 Å². The minimum absolute atomic E-state index is 0.208. The molecule has 25 heavy (non-hydrogen) atoms. The highest BCUT2D eigenvalue weighted by Crippen LogP contribution is 2.28. The number of likely N-dealkylation sites (tertiary alicyclic amines) is 1. The van der Waals surface area contributed by atoms with E-state index in [1.807, 2.05) is 20.8 Å². The van der Waals surface area contributed by atoms with E-state index < -0.39 is 5.69 Å². The molecule has 1 saturated heterocycles. The van der Waals surface area contributed by atoms with Crippen molar-refractivity contribution in [3.8, 4) is 0 Å². The lowest BCUT2D eigenvalue weighted by Crippen LogP contribution is -2.35. The highest BCUT2D eigenvalue weighted by Gasteiger charge is 2.30. The Bertz CT molecular complexity index is 671. The summed E-state index contributed by atoms with van der Waals surface area (Å²) in [6.45, 7) is 8.85. The molecule has 2 aliphatic rings. The van der Waals surface area contributed by atoms with E-state index in [4.69, 9.17) is 0 Å². The summed E-state index contributed by atoms with van der Waals surface area (Å²) >= 11 is 0. The number of nitrogens with one attached hydrogen (secondary N) is 2. The lowest BCUT2D eigenvalue weighted by molar-refractivity contribution is 0.0941. The number of rotatable bonds is 4. The monoisotopic (exact) mass is 346 g/mol. The molecular weight excluding hydrogens is 316 g/mol. The van der Waals surface area contributed by atoms with E-state index in [2.05, 4.69) is 20.2 Å². The second-order valence-corrected chi connectivity index (χ2v) is 8.53. The highest BCUT2D eigenvalue weighted by atomic mass is 16.2. The van der Waals surface area contributed by atoms with Crippen LogP contribution in [-0.2, 0) is 5.41 Å². The molecule has 2 heterocycles. The Kier molecular flexibility index (Phi) is 5.27. The topological polar surface area (TPSA) is 78.1 Å². The quantitative estimate of drug-likeness (QED) is 0.875. The number of nitrogens with zero attached hydrogens (tertiary/aromatic N) is 2. The van der Waals surface area contributed by atoms with E-state index in [-0.39, 0.29) is 17.0 Å². The van der Waals surface area contributed by atoms with Gasteiger partial charge in [-0.2, -0.15) is 4.98 Å². The molecule has 0 aromatic carbocycles. The normalized spacial score (nSPS) is 22.4. The Labute approximate surface area is 149 Å². The van der Waals surface area contributed by atoms with E-state index in [1.165, 1.54) is 25.7 Å². The molecule has 1 aliphatic carbocycles. The van der Waals surface area contributed by atoms with Crippen LogP contribution in [-0.4, -0.2) is 46.5 Å². The van der Waals surface area contributed by atoms with Gasteiger partial charge >= 0.3 is 5.69 Å². The lowest BCUT2D eigenvalue weighted by Gasteiger charge is -2.23. The summed E-state index contributed by atoms with van der Waals surface area (Å²) in [5, 5.41) is 2.98. The largest absolute Gasteiger partial charge is 0.350 e. The van der Waals surface area contributed by atoms with Crippen molar-refractivity contribution < 1.29 is 4.79 Å². The van der Waals surface area contributed by atoms with Crippen molar-refractivity contribution in [3.63, 3.8) is 0 Å². The molecule has 0 unspecified atom stereocenters. The van der Waals surface area contributed by atoms with Gasteiger partial charge in [0, 0.05) is 30.2 Å². The zero-order valence-electron chi connectivity index (χ0n) is 15.6. The number of hydrogen-bond acceptors (Lipinski definition) is 4. The molecule has 3 rings (SSSR count). The first-order chi connectivity index (χ1) is 11.8. The van der Waals surface area contributed by atoms with Gasteiger partial charge in [0.05, 0.1) is 0 Å². The van der Waals surface area contributed by atoms with Gasteiger partial charge in [0.25, 0.3) is 5.91 Å². The van der Waals surface area contributed by atoms with Crippen LogP contribution in [0.5, 0.6) is 0 Å². The molecule has 1 saturated carbocycles. The average Bonchev–Trinajstić information content (AvgIpc) is 3.22. The molecule has 138 valence electrons. The van der Waals surface area contributed by atoms with Gasteiger partial charge in [0.2, 0.25) is 0 Å². The van der Waals surface area contributed by atoms with Crippen LogP contribution in [0, 0.1) is 5.92 Å². The molecule has 0 spiro atoms. The van der Waals surface area contributed by atoms with Gasteiger partial charge in [-0.15, -0.1) is 0 Å². The summed E-state index contributed by atoms with van der Waals surface area (Å²) < 4.78 is 0. The maximum absolute atomic E-state index is 12.4. The lowest BCUT2D eigenvalue weighted by atomic mass is 9.91. The summed E-state index contributed by atoms with van der Waals surface area (Å²) in [4.78, 5) is 33.3. The third kappa shape index (κ3) is 4.48. The Morgan fingerprint density at radius 1 is 1.32 bits per heavy atom. The van der Waals surface area contributed by atoms with E-state index >= 15 is 0 Å². The van der Waals surface area contributed by atoms with Crippen LogP contribution in [0.15, 0.2) is 10.9 Å². The van der Waals surface area contributed by atoms with Gasteiger partial charge in [0.15, 0.2) is 0 Å². The number of H-pyrrole nitrogens is 1. The highest BCUT2D eigenvalue weighted by molar-refractivity contribution is 5.92. The molecule has 1 aromatic heterocycles. The van der Waals surface area contributed by atoms with Crippen LogP contribution in [0.2, 0.25) is 0 Å². The predicted molar refractivity (Wildman–Crippen MR) is 97.8 cm³/mol. The van der Waals surface area contributed by atoms with Crippen molar-refractivity contribution >= 4 is 5.91 Å². The second kappa shape index (κ2) is 7.28. The SMILES string of the molecule is CC(C)(C)c1cc(C(=O)NC[C@H]2CCN(C3CCCC3)C2)nc(=O)[nH]1. The second-order valence-electron chi connectivity index (χ2n) is 8.53. The Balaban J connectivity index is 1.56. The van der Waals surface area contributed by atoms with Crippen molar-refractivity contribution in [2.24, 2.45) is 5.92 Å². The molecule has 1 atom stereocenters. The minimum Gasteiger partial charge on any atom is -0.350 e. The first-order valence-corrected chi connectivity index (χ1v) is 9.47. The number of amides is 1. The number of aromatic amines is 1. The van der Waals surface area contributed by atoms with Gasteiger partial charge in [0.1, 0.15) is 5.69 Å². The van der Waals surface area contributed by atoms with Crippen molar-refractivity contribution in [2.75, 3.05) is 19.6 Å². The molecule has 2 N–H and O–H groups in total. The molecule has 1 aromatic rings. The minimum atomic E-state index is -0.467. The van der Waals surface area contributed by atoms with Crippen LogP contribution in [0.3, 0.4) is 0 Å². The Morgan fingerprint density at radius 3 is 2.72 bits per heavy atom. The van der Waals surface area contributed by atoms with Crippen molar-refractivity contribution in [2.45, 2.75) is 64.3 Å². The molecule has 2 fully saturated rings. The maximum Gasteiger partial charge on any atom is 0.345 e. The fourth-order valence-corrected chi connectivity index (χ4v) is 3.94.